The molecule has 114 valence electrons. The first-order valence-corrected chi connectivity index (χ1v) is 8.51. The van der Waals surface area contributed by atoms with Crippen LogP contribution in [0.25, 0.3) is 0 Å². The minimum Gasteiger partial charge on any atom is -0.329 e. The van der Waals surface area contributed by atoms with Crippen LogP contribution < -0.4 is 10.5 Å². The van der Waals surface area contributed by atoms with E-state index in [9.17, 15) is 8.42 Å². The van der Waals surface area contributed by atoms with Gasteiger partial charge in [-0.15, -0.1) is 0 Å². The van der Waals surface area contributed by atoms with Crippen LogP contribution in [0.1, 0.15) is 25.7 Å². The Labute approximate surface area is 120 Å². The van der Waals surface area contributed by atoms with E-state index in [1.54, 1.807) is 10.9 Å². The van der Waals surface area contributed by atoms with Gasteiger partial charge in [0.2, 0.25) is 0 Å². The van der Waals surface area contributed by atoms with Crippen LogP contribution in [-0.2, 0) is 16.8 Å². The number of hydrogen-bond donors (Lipinski definition) is 2. The lowest BCUT2D eigenvalue weighted by atomic mass is 10.1. The summed E-state index contributed by atoms with van der Waals surface area (Å²) in [6, 6.07) is 1.79. The number of nitrogens with two attached hydrogens (primary N) is 1. The lowest BCUT2D eigenvalue weighted by molar-refractivity contribution is 0.254. The van der Waals surface area contributed by atoms with Gasteiger partial charge in [-0.25, -0.2) is 4.72 Å². The first kappa shape index (κ1) is 15.4. The Morgan fingerprint density at radius 3 is 2.95 bits per heavy atom. The van der Waals surface area contributed by atoms with E-state index < -0.39 is 10.2 Å². The van der Waals surface area contributed by atoms with E-state index in [0.29, 0.717) is 32.6 Å². The van der Waals surface area contributed by atoms with Crippen molar-refractivity contribution in [2.45, 2.75) is 38.3 Å². The fraction of sp³-hybridized carbons (Fsp3) is 0.750. The Bertz CT molecular complexity index is 488. The van der Waals surface area contributed by atoms with E-state index in [1.165, 1.54) is 4.31 Å². The highest BCUT2D eigenvalue weighted by Crippen LogP contribution is 2.18. The van der Waals surface area contributed by atoms with Crippen LogP contribution >= 0.6 is 0 Å². The van der Waals surface area contributed by atoms with Crippen LogP contribution in [0.2, 0.25) is 0 Å². The van der Waals surface area contributed by atoms with Crippen LogP contribution in [0, 0.1) is 0 Å². The molecule has 0 aliphatic carbocycles. The van der Waals surface area contributed by atoms with Gasteiger partial charge in [0.05, 0.1) is 0 Å². The highest BCUT2D eigenvalue weighted by molar-refractivity contribution is 7.87. The van der Waals surface area contributed by atoms with Gasteiger partial charge in [0.1, 0.15) is 0 Å². The Balaban J connectivity index is 1.80. The molecule has 1 fully saturated rings. The maximum Gasteiger partial charge on any atom is 0.279 e. The van der Waals surface area contributed by atoms with Gasteiger partial charge in [0.25, 0.3) is 10.2 Å². The number of nitrogens with zero attached hydrogens (tertiary/aromatic N) is 3. The van der Waals surface area contributed by atoms with Crippen molar-refractivity contribution in [2.75, 3.05) is 19.6 Å². The quantitative estimate of drug-likeness (QED) is 0.689. The largest absolute Gasteiger partial charge is 0.329 e. The second kappa shape index (κ2) is 7.16. The number of rotatable bonds is 7. The molecule has 0 bridgehead atoms. The minimum atomic E-state index is -3.41. The van der Waals surface area contributed by atoms with Crippen molar-refractivity contribution in [1.82, 2.24) is 18.8 Å². The Morgan fingerprint density at radius 2 is 2.25 bits per heavy atom. The molecule has 0 saturated carbocycles. The van der Waals surface area contributed by atoms with Crippen molar-refractivity contribution in [3.63, 3.8) is 0 Å². The molecule has 8 heteroatoms. The highest BCUT2D eigenvalue weighted by Gasteiger charge is 2.30. The number of nitrogens with one attached hydrogen (secondary N) is 1. The second-order valence-corrected chi connectivity index (χ2v) is 6.73. The summed E-state index contributed by atoms with van der Waals surface area (Å²) in [5.41, 5.74) is 5.66. The van der Waals surface area contributed by atoms with E-state index in [1.807, 2.05) is 12.3 Å². The summed E-state index contributed by atoms with van der Waals surface area (Å²) in [5.74, 6) is 0. The number of aryl methyl sites for hydroxylation is 1. The average molecular weight is 301 g/mol. The first-order chi connectivity index (χ1) is 9.63. The van der Waals surface area contributed by atoms with Crippen molar-refractivity contribution in [2.24, 2.45) is 5.73 Å². The average Bonchev–Trinajstić information content (AvgIpc) is 2.97. The van der Waals surface area contributed by atoms with Crippen molar-refractivity contribution in [3.8, 4) is 0 Å². The SMILES string of the molecule is NCC1CCCCN1S(=O)(=O)NCCCn1cccn1. The molecule has 1 atom stereocenters. The maximum atomic E-state index is 12.3. The standard InChI is InChI=1S/C12H23N5O2S/c13-11-12-5-1-2-10-17(12)20(18,19)15-7-4-9-16-8-3-6-14-16/h3,6,8,12,15H,1-2,4-5,7,9-11,13H2. The predicted octanol–water partition coefficient (Wildman–Crippen LogP) is -0.0792. The topological polar surface area (TPSA) is 93.2 Å². The summed E-state index contributed by atoms with van der Waals surface area (Å²) < 4.78 is 30.5. The normalized spacial score (nSPS) is 21.1. The Morgan fingerprint density at radius 1 is 1.40 bits per heavy atom. The minimum absolute atomic E-state index is 0.0626. The lowest BCUT2D eigenvalue weighted by Crippen LogP contribution is -2.51. The molecule has 0 amide bonds. The van der Waals surface area contributed by atoms with Crippen molar-refractivity contribution in [1.29, 1.82) is 0 Å². The molecule has 7 nitrogen and oxygen atoms in total. The first-order valence-electron chi connectivity index (χ1n) is 7.07. The molecule has 20 heavy (non-hydrogen) atoms. The monoisotopic (exact) mass is 301 g/mol. The molecule has 3 N–H and O–H groups in total. The van der Waals surface area contributed by atoms with Gasteiger partial charge < -0.3 is 5.73 Å². The van der Waals surface area contributed by atoms with Gasteiger partial charge >= 0.3 is 0 Å². The molecular formula is C12H23N5O2S. The van der Waals surface area contributed by atoms with E-state index in [0.717, 1.165) is 19.3 Å². The zero-order valence-corrected chi connectivity index (χ0v) is 12.4. The van der Waals surface area contributed by atoms with Gasteiger partial charge in [-0.05, 0) is 25.3 Å². The van der Waals surface area contributed by atoms with E-state index in [4.69, 9.17) is 5.73 Å². The molecule has 1 aliphatic rings. The van der Waals surface area contributed by atoms with Crippen LogP contribution in [0.15, 0.2) is 18.5 Å². The number of hydrogen-bond acceptors (Lipinski definition) is 4. The lowest BCUT2D eigenvalue weighted by Gasteiger charge is -2.33. The van der Waals surface area contributed by atoms with Crippen LogP contribution in [0.3, 0.4) is 0 Å². The number of aromatic nitrogens is 2. The van der Waals surface area contributed by atoms with Crippen LogP contribution in [0.5, 0.6) is 0 Å². The number of piperidine rings is 1. The van der Waals surface area contributed by atoms with Crippen LogP contribution in [0.4, 0.5) is 0 Å². The molecule has 1 unspecified atom stereocenters. The van der Waals surface area contributed by atoms with E-state index in [-0.39, 0.29) is 6.04 Å². The summed E-state index contributed by atoms with van der Waals surface area (Å²) in [7, 11) is -3.41. The summed E-state index contributed by atoms with van der Waals surface area (Å²) in [6.45, 7) is 2.07. The van der Waals surface area contributed by atoms with Gasteiger partial charge in [0, 0.05) is 44.6 Å². The second-order valence-electron chi connectivity index (χ2n) is 5.02. The van der Waals surface area contributed by atoms with Gasteiger partial charge in [-0.3, -0.25) is 4.68 Å². The van der Waals surface area contributed by atoms with Gasteiger partial charge in [0.15, 0.2) is 0 Å². The molecule has 0 aromatic carbocycles. The molecule has 1 saturated heterocycles. The molecule has 0 spiro atoms. The van der Waals surface area contributed by atoms with Gasteiger partial charge in [-0.1, -0.05) is 6.42 Å². The summed E-state index contributed by atoms with van der Waals surface area (Å²) in [4.78, 5) is 0. The zero-order chi connectivity index (χ0) is 14.4. The zero-order valence-electron chi connectivity index (χ0n) is 11.6. The smallest absolute Gasteiger partial charge is 0.279 e. The van der Waals surface area contributed by atoms with Gasteiger partial charge in [-0.2, -0.15) is 17.8 Å². The Hall–Kier alpha value is -0.960. The summed E-state index contributed by atoms with van der Waals surface area (Å²) >= 11 is 0. The maximum absolute atomic E-state index is 12.3. The van der Waals surface area contributed by atoms with E-state index in [2.05, 4.69) is 9.82 Å². The molecular weight excluding hydrogens is 278 g/mol. The molecule has 0 radical (unpaired) electrons. The van der Waals surface area contributed by atoms with Crippen molar-refractivity contribution < 1.29 is 8.42 Å². The van der Waals surface area contributed by atoms with Crippen molar-refractivity contribution in [3.05, 3.63) is 18.5 Å². The third-order valence-electron chi connectivity index (χ3n) is 3.56. The fourth-order valence-electron chi connectivity index (χ4n) is 2.48. The Kier molecular flexibility index (Phi) is 5.53. The summed E-state index contributed by atoms with van der Waals surface area (Å²) in [6.07, 6.45) is 7.10. The third-order valence-corrected chi connectivity index (χ3v) is 5.23. The molecule has 1 aromatic rings. The molecule has 1 aromatic heterocycles. The van der Waals surface area contributed by atoms with Crippen LogP contribution in [-0.4, -0.2) is 48.2 Å². The summed E-state index contributed by atoms with van der Waals surface area (Å²) in [5, 5.41) is 4.08. The predicted molar refractivity (Wildman–Crippen MR) is 77.2 cm³/mol. The molecule has 1 aliphatic heterocycles. The van der Waals surface area contributed by atoms with Crippen molar-refractivity contribution >= 4 is 10.2 Å². The fourth-order valence-corrected chi connectivity index (χ4v) is 4.01. The third kappa shape index (κ3) is 4.02. The van der Waals surface area contributed by atoms with E-state index >= 15 is 0 Å². The highest BCUT2D eigenvalue weighted by atomic mass is 32.2. The molecule has 2 rings (SSSR count). The molecule has 2 heterocycles.